The molecule has 3 heterocycles. The molecule has 0 saturated carbocycles. The Hall–Kier alpha value is -6.18. The van der Waals surface area contributed by atoms with Crippen molar-refractivity contribution in [2.24, 2.45) is 0 Å². The third kappa shape index (κ3) is 16.1. The minimum Gasteiger partial charge on any atom is -0.491 e. The van der Waals surface area contributed by atoms with Gasteiger partial charge in [-0.25, -0.2) is 0 Å². The zero-order valence-electron chi connectivity index (χ0n) is 38.5. The lowest BCUT2D eigenvalue weighted by atomic mass is 10.1. The Morgan fingerprint density at radius 2 is 0.554 bits per heavy atom. The lowest BCUT2D eigenvalue weighted by molar-refractivity contribution is 0.263. The van der Waals surface area contributed by atoms with Gasteiger partial charge in [0.15, 0.2) is 0 Å². The molecule has 11 rings (SSSR count). The van der Waals surface area contributed by atoms with Crippen LogP contribution in [0.5, 0.6) is 17.2 Å². The van der Waals surface area contributed by atoms with Crippen LogP contribution >= 0.6 is 0 Å². The summed E-state index contributed by atoms with van der Waals surface area (Å²) in [6, 6.07) is 60.9. The molecule has 3 saturated heterocycles. The second-order valence-electron chi connectivity index (χ2n) is 16.4. The zero-order chi connectivity index (χ0) is 45.1. The Kier molecular flexibility index (Phi) is 17.8. The monoisotopic (exact) mass is 868 g/mol. The Bertz CT molecular complexity index is 2320. The summed E-state index contributed by atoms with van der Waals surface area (Å²) in [6.45, 7) is 13.2. The largest absolute Gasteiger partial charge is 0.491 e. The first kappa shape index (κ1) is 46.8. The molecule has 3 atom stereocenters. The summed E-state index contributed by atoms with van der Waals surface area (Å²) in [5, 5.41) is 7.37. The average Bonchev–Trinajstić information content (AvgIpc) is 4.22. The second-order valence-corrected chi connectivity index (χ2v) is 16.4. The highest BCUT2D eigenvalue weighted by Gasteiger charge is 2.24. The number of hydrogen-bond acceptors (Lipinski definition) is 6. The smallest absolute Gasteiger partial charge is 0.120 e. The van der Waals surface area contributed by atoms with Crippen LogP contribution in [-0.4, -0.2) is 58.0 Å². The Morgan fingerprint density at radius 3 is 0.769 bits per heavy atom. The van der Waals surface area contributed by atoms with Gasteiger partial charge in [-0.1, -0.05) is 167 Å². The molecule has 65 heavy (non-hydrogen) atoms. The van der Waals surface area contributed by atoms with E-state index in [0.717, 1.165) is 62.8 Å². The third-order valence-electron chi connectivity index (χ3n) is 11.4. The second kappa shape index (κ2) is 24.8. The van der Waals surface area contributed by atoms with E-state index in [1.165, 1.54) is 54.6 Å². The highest BCUT2D eigenvalue weighted by molar-refractivity contribution is 5.85. The molecule has 3 unspecified atom stereocenters. The predicted octanol–water partition coefficient (Wildman–Crippen LogP) is 13.5. The van der Waals surface area contributed by atoms with Crippen LogP contribution in [0.25, 0.3) is 32.3 Å². The van der Waals surface area contributed by atoms with Crippen LogP contribution in [0.1, 0.15) is 49.9 Å². The van der Waals surface area contributed by atoms with Crippen LogP contribution in [0.15, 0.2) is 176 Å². The molecule has 0 aliphatic carbocycles. The molecule has 0 N–H and O–H groups in total. The molecule has 8 aromatic rings. The number of fused-ring (bicyclic) bond motifs is 3. The molecule has 3 fully saturated rings. The molecule has 0 amide bonds. The van der Waals surface area contributed by atoms with Gasteiger partial charge in [-0.05, 0) is 117 Å². The van der Waals surface area contributed by atoms with E-state index in [2.05, 4.69) is 149 Å². The van der Waals surface area contributed by atoms with Gasteiger partial charge < -0.3 is 28.4 Å². The number of aryl methyl sites for hydroxylation is 4. The van der Waals surface area contributed by atoms with Crippen LogP contribution in [0.3, 0.4) is 0 Å². The standard InChI is InChI=1S/3C13H12O2.2C10H14/c3*1-2-4-11-7-12(6-5-10(11)3-1)14-8-13-9-15-13;2*1-3-9-5-7-10(4-2)8-6-9/h3*1-7,13H,8-9H2;2*5-8H,3-4H2,1-2H3. The van der Waals surface area contributed by atoms with Gasteiger partial charge in [0.25, 0.3) is 0 Å². The quantitative estimate of drug-likeness (QED) is 0.108. The van der Waals surface area contributed by atoms with Crippen molar-refractivity contribution in [3.05, 3.63) is 198 Å². The normalized spacial score (nSPS) is 16.2. The van der Waals surface area contributed by atoms with Gasteiger partial charge in [0.05, 0.1) is 19.8 Å². The van der Waals surface area contributed by atoms with E-state index in [9.17, 15) is 0 Å². The summed E-state index contributed by atoms with van der Waals surface area (Å²) < 4.78 is 32.1. The Morgan fingerprint density at radius 1 is 0.323 bits per heavy atom. The maximum Gasteiger partial charge on any atom is 0.120 e. The van der Waals surface area contributed by atoms with Crippen molar-refractivity contribution in [3.63, 3.8) is 0 Å². The number of ether oxygens (including phenoxy) is 6. The predicted molar refractivity (Wildman–Crippen MR) is 268 cm³/mol. The van der Waals surface area contributed by atoms with Crippen molar-refractivity contribution in [1.82, 2.24) is 0 Å². The summed E-state index contributed by atoms with van der Waals surface area (Å²) in [4.78, 5) is 0. The van der Waals surface area contributed by atoms with Crippen molar-refractivity contribution < 1.29 is 28.4 Å². The fourth-order valence-electron chi connectivity index (χ4n) is 6.85. The molecule has 8 aromatic carbocycles. The zero-order valence-corrected chi connectivity index (χ0v) is 38.5. The molecule has 0 bridgehead atoms. The minimum atomic E-state index is 0.316. The van der Waals surface area contributed by atoms with E-state index >= 15 is 0 Å². The van der Waals surface area contributed by atoms with Crippen LogP contribution in [0.2, 0.25) is 0 Å². The van der Waals surface area contributed by atoms with Gasteiger partial charge in [-0.3, -0.25) is 0 Å². The summed E-state index contributed by atoms with van der Waals surface area (Å²) >= 11 is 0. The number of epoxide rings is 3. The van der Waals surface area contributed by atoms with Gasteiger partial charge in [0, 0.05) is 0 Å². The first-order valence-corrected chi connectivity index (χ1v) is 23.3. The average molecular weight is 869 g/mol. The number of hydrogen-bond donors (Lipinski definition) is 0. The molecule has 0 aromatic heterocycles. The number of benzene rings is 8. The fraction of sp³-hybridized carbons (Fsp3) is 0.288. The van der Waals surface area contributed by atoms with E-state index in [1.54, 1.807) is 0 Å². The van der Waals surface area contributed by atoms with Crippen molar-refractivity contribution >= 4 is 32.3 Å². The van der Waals surface area contributed by atoms with Crippen LogP contribution in [0.4, 0.5) is 0 Å². The van der Waals surface area contributed by atoms with Crippen molar-refractivity contribution in [2.45, 2.75) is 71.7 Å². The first-order valence-electron chi connectivity index (χ1n) is 23.3. The van der Waals surface area contributed by atoms with Crippen molar-refractivity contribution in [3.8, 4) is 17.2 Å². The van der Waals surface area contributed by atoms with E-state index in [4.69, 9.17) is 28.4 Å². The Balaban J connectivity index is 0.000000123. The molecule has 0 spiro atoms. The van der Waals surface area contributed by atoms with E-state index in [0.29, 0.717) is 38.1 Å². The highest BCUT2D eigenvalue weighted by atomic mass is 16.6. The third-order valence-corrected chi connectivity index (χ3v) is 11.4. The van der Waals surface area contributed by atoms with Gasteiger partial charge >= 0.3 is 0 Å². The highest BCUT2D eigenvalue weighted by Crippen LogP contribution is 2.24. The SMILES string of the molecule is CCc1ccc(CC)cc1.CCc1ccc(CC)cc1.c1ccc2cc(OCC3CO3)ccc2c1.c1ccc2cc(OCC3CO3)ccc2c1.c1ccc2cc(OCC3CO3)ccc2c1. The van der Waals surface area contributed by atoms with E-state index < -0.39 is 0 Å². The van der Waals surface area contributed by atoms with Gasteiger partial charge in [0.1, 0.15) is 55.4 Å². The molecular weight excluding hydrogens is 805 g/mol. The first-order chi connectivity index (χ1) is 32.0. The van der Waals surface area contributed by atoms with E-state index in [-0.39, 0.29) is 0 Å². The summed E-state index contributed by atoms with van der Waals surface area (Å²) in [5.41, 5.74) is 5.71. The lowest BCUT2D eigenvalue weighted by Crippen LogP contribution is -2.03. The summed E-state index contributed by atoms with van der Waals surface area (Å²) in [7, 11) is 0. The molecule has 3 aliphatic heterocycles. The summed E-state index contributed by atoms with van der Waals surface area (Å²) in [6.07, 6.45) is 5.52. The van der Waals surface area contributed by atoms with Crippen LogP contribution < -0.4 is 14.2 Å². The topological polar surface area (TPSA) is 65.3 Å². The Labute approximate surface area is 386 Å². The molecule has 336 valence electrons. The molecule has 6 heteroatoms. The van der Waals surface area contributed by atoms with Gasteiger partial charge in [-0.15, -0.1) is 0 Å². The van der Waals surface area contributed by atoms with Crippen molar-refractivity contribution in [2.75, 3.05) is 39.6 Å². The summed E-state index contributed by atoms with van der Waals surface area (Å²) in [5.74, 6) is 2.76. The van der Waals surface area contributed by atoms with E-state index in [1.807, 2.05) is 54.6 Å². The maximum absolute atomic E-state index is 5.61. The molecule has 0 radical (unpaired) electrons. The molecule has 6 nitrogen and oxygen atoms in total. The van der Waals surface area contributed by atoms with Crippen molar-refractivity contribution in [1.29, 1.82) is 0 Å². The minimum absolute atomic E-state index is 0.316. The van der Waals surface area contributed by atoms with Gasteiger partial charge in [0.2, 0.25) is 0 Å². The molecule has 3 aliphatic rings. The lowest BCUT2D eigenvalue weighted by Gasteiger charge is -2.05. The number of rotatable bonds is 13. The van der Waals surface area contributed by atoms with Crippen LogP contribution in [-0.2, 0) is 39.9 Å². The fourth-order valence-corrected chi connectivity index (χ4v) is 6.85. The van der Waals surface area contributed by atoms with Gasteiger partial charge in [-0.2, -0.15) is 0 Å². The van der Waals surface area contributed by atoms with Crippen LogP contribution in [0, 0.1) is 0 Å². The molecular formula is C59H64O6. The maximum atomic E-state index is 5.61.